The number of aliphatic imine (C=N–C) groups is 2. The molecular weight excluding hydrogens is 845 g/mol. The molecule has 5 heteroatoms. The molecule has 2 aliphatic carbocycles. The second-order valence-corrected chi connectivity index (χ2v) is 17.4. The van der Waals surface area contributed by atoms with Crippen molar-refractivity contribution in [3.8, 4) is 10.4 Å². The first kappa shape index (κ1) is 48.6. The van der Waals surface area contributed by atoms with Crippen molar-refractivity contribution in [3.63, 3.8) is 0 Å². The Morgan fingerprint density at radius 2 is 1.57 bits per heavy atom. The lowest BCUT2D eigenvalue weighted by Crippen LogP contribution is -2.18. The minimum Gasteiger partial charge on any atom is -0.310 e. The molecule has 0 saturated carbocycles. The Kier molecular flexibility index (Phi) is 16.4. The summed E-state index contributed by atoms with van der Waals surface area (Å²) in [6.07, 6.45) is 36.0. The van der Waals surface area contributed by atoms with Crippen LogP contribution in [0.3, 0.4) is 0 Å². The molecule has 2 aliphatic rings. The zero-order chi connectivity index (χ0) is 48.2. The summed E-state index contributed by atoms with van der Waals surface area (Å²) in [5.41, 5.74) is 15.4. The normalized spacial score (nSPS) is 17.0. The van der Waals surface area contributed by atoms with Crippen molar-refractivity contribution < 1.29 is 0 Å². The standard InChI is InChI=1S/C61H58N4S.C2H6/c1-9-16-31-47(12-4)64-54(25-11-3)49(14-6)51-36-33-42(39-56(51)64)28-23-32-55-50(15-7)52-37-34-44(24-10-2)48(13-5)59(52)65(55)61(62-8)58-53(63-41-43-26-19-17-20-27-43)38-35-46-40-57(66-60(46)58)45-29-21-18-22-30-45;1-2/h9-13,15-27,29-40,44,48H,4-5,7-8,14,28,41H2,1-3,6H3;1-2H3/b16-9-,24-10-,25-11-,32-23-,47-31+,61-58-,63-53?;. The molecule has 342 valence electrons. The molecule has 8 rings (SSSR count). The number of rotatable bonds is 16. The van der Waals surface area contributed by atoms with Crippen LogP contribution < -0.4 is 0 Å². The first-order valence-corrected chi connectivity index (χ1v) is 24.7. The highest BCUT2D eigenvalue weighted by molar-refractivity contribution is 7.17. The molecule has 0 fully saturated rings. The van der Waals surface area contributed by atoms with Gasteiger partial charge in [0, 0.05) is 55.2 Å². The third-order valence-corrected chi connectivity index (χ3v) is 13.6. The second kappa shape index (κ2) is 22.9. The van der Waals surface area contributed by atoms with Crippen LogP contribution in [0.1, 0.15) is 103 Å². The molecule has 0 bridgehead atoms. The van der Waals surface area contributed by atoms with Crippen LogP contribution in [0.2, 0.25) is 0 Å². The Hall–Kier alpha value is -7.34. The average molecular weight is 909 g/mol. The molecule has 2 atom stereocenters. The van der Waals surface area contributed by atoms with Gasteiger partial charge in [-0.3, -0.25) is 9.56 Å². The Labute approximate surface area is 409 Å². The summed E-state index contributed by atoms with van der Waals surface area (Å²) in [7, 11) is 0. The monoisotopic (exact) mass is 908 g/mol. The summed E-state index contributed by atoms with van der Waals surface area (Å²) < 4.78 is 4.67. The van der Waals surface area contributed by atoms with Crippen molar-refractivity contribution >= 4 is 82.1 Å². The highest BCUT2D eigenvalue weighted by atomic mass is 32.1. The van der Waals surface area contributed by atoms with Crippen LogP contribution in [0.25, 0.3) is 68.8 Å². The first-order valence-electron chi connectivity index (χ1n) is 23.9. The van der Waals surface area contributed by atoms with E-state index in [0.29, 0.717) is 13.0 Å². The van der Waals surface area contributed by atoms with Gasteiger partial charge in [0.15, 0.2) is 0 Å². The summed E-state index contributed by atoms with van der Waals surface area (Å²) in [6.45, 7) is 30.3. The number of fused-ring (bicyclic) bond motifs is 3. The lowest BCUT2D eigenvalue weighted by Gasteiger charge is -2.27. The van der Waals surface area contributed by atoms with E-state index in [4.69, 9.17) is 9.98 Å². The van der Waals surface area contributed by atoms with E-state index in [1.807, 2.05) is 45.1 Å². The van der Waals surface area contributed by atoms with E-state index >= 15 is 0 Å². The van der Waals surface area contributed by atoms with Gasteiger partial charge in [-0.1, -0.05) is 174 Å². The molecule has 0 N–H and O–H groups in total. The number of hydrogen-bond donors (Lipinski definition) is 0. The van der Waals surface area contributed by atoms with Crippen LogP contribution in [0.15, 0.2) is 181 Å². The number of aryl methyl sites for hydroxylation is 1. The maximum atomic E-state index is 5.33. The number of nitrogens with zero attached hydrogens (tertiary/aromatic N) is 4. The summed E-state index contributed by atoms with van der Waals surface area (Å²) in [6, 6.07) is 30.2. The summed E-state index contributed by atoms with van der Waals surface area (Å²) >= 11 is 1.77. The van der Waals surface area contributed by atoms with Crippen LogP contribution >= 0.6 is 11.3 Å². The third kappa shape index (κ3) is 9.58. The van der Waals surface area contributed by atoms with E-state index in [2.05, 4.69) is 214 Å². The van der Waals surface area contributed by atoms with Crippen LogP contribution in [-0.2, 0) is 19.4 Å². The number of allylic oxidation sites excluding steroid dienone is 13. The van der Waals surface area contributed by atoms with E-state index in [9.17, 15) is 0 Å². The molecule has 6 aromatic rings. The Bertz CT molecular complexity index is 3100. The van der Waals surface area contributed by atoms with Gasteiger partial charge in [-0.2, -0.15) is 0 Å². The lowest BCUT2D eigenvalue weighted by molar-refractivity contribution is 0.665. The van der Waals surface area contributed by atoms with Gasteiger partial charge in [-0.05, 0) is 111 Å². The highest BCUT2D eigenvalue weighted by Crippen LogP contribution is 2.47. The van der Waals surface area contributed by atoms with E-state index < -0.39 is 0 Å². The predicted octanol–water partition coefficient (Wildman–Crippen LogP) is 17.5. The molecule has 2 unspecified atom stereocenters. The molecule has 3 aromatic carbocycles. The number of benzene rings is 3. The number of aromatic nitrogens is 2. The van der Waals surface area contributed by atoms with Crippen LogP contribution in [-0.4, -0.2) is 21.6 Å². The molecule has 0 amide bonds. The molecule has 68 heavy (non-hydrogen) atoms. The van der Waals surface area contributed by atoms with E-state index in [0.717, 1.165) is 67.7 Å². The zero-order valence-electron chi connectivity index (χ0n) is 40.6. The fourth-order valence-corrected chi connectivity index (χ4v) is 10.6. The molecule has 0 radical (unpaired) electrons. The largest absolute Gasteiger partial charge is 0.310 e. The Morgan fingerprint density at radius 1 is 0.809 bits per heavy atom. The Balaban J connectivity index is 0.00000338. The van der Waals surface area contributed by atoms with Crippen molar-refractivity contribution in [2.75, 3.05) is 0 Å². The Morgan fingerprint density at radius 3 is 2.24 bits per heavy atom. The maximum absolute atomic E-state index is 5.33. The molecule has 0 aliphatic heterocycles. The third-order valence-electron chi connectivity index (χ3n) is 12.4. The van der Waals surface area contributed by atoms with Crippen molar-refractivity contribution in [1.82, 2.24) is 9.13 Å². The van der Waals surface area contributed by atoms with Crippen LogP contribution in [0.4, 0.5) is 0 Å². The van der Waals surface area contributed by atoms with Gasteiger partial charge in [-0.25, -0.2) is 4.99 Å². The molecule has 3 aromatic heterocycles. The summed E-state index contributed by atoms with van der Waals surface area (Å²) in [5.74, 6) is 0.784. The maximum Gasteiger partial charge on any atom is 0.147 e. The van der Waals surface area contributed by atoms with Gasteiger partial charge in [0.05, 0.1) is 29.0 Å². The highest BCUT2D eigenvalue weighted by Gasteiger charge is 2.34. The van der Waals surface area contributed by atoms with Crippen molar-refractivity contribution in [1.29, 1.82) is 0 Å². The molecule has 4 nitrogen and oxygen atoms in total. The smallest absolute Gasteiger partial charge is 0.147 e. The topological polar surface area (TPSA) is 34.6 Å². The fraction of sp³-hybridized carbons (Fsp3) is 0.175. The SMILES string of the molecule is C=C/C(=C\C=C/C)n1c(/C=C\C)c(CC)c2ccc(C/C=C\c3c(C=C)c4c(n3/C(N=C)=C3/C(=NCc5ccccc5)C=Cc5cc(-c6ccccc6)sc53)C(C=C)C(/C=C\C)C=C4)cc21.CC. The van der Waals surface area contributed by atoms with E-state index in [1.165, 1.54) is 38.2 Å². The lowest BCUT2D eigenvalue weighted by atomic mass is 9.82. The van der Waals surface area contributed by atoms with Gasteiger partial charge in [0.2, 0.25) is 0 Å². The van der Waals surface area contributed by atoms with Crippen molar-refractivity contribution in [2.24, 2.45) is 15.9 Å². The van der Waals surface area contributed by atoms with Crippen molar-refractivity contribution in [2.45, 2.75) is 66.8 Å². The minimum absolute atomic E-state index is 0.0464. The number of hydrogen-bond acceptors (Lipinski definition) is 3. The van der Waals surface area contributed by atoms with E-state index in [1.54, 1.807) is 11.3 Å². The van der Waals surface area contributed by atoms with E-state index in [-0.39, 0.29) is 11.8 Å². The van der Waals surface area contributed by atoms with Gasteiger partial charge >= 0.3 is 0 Å². The average Bonchev–Trinajstić information content (AvgIpc) is 4.05. The summed E-state index contributed by atoms with van der Waals surface area (Å²) in [4.78, 5) is 12.6. The molecule has 3 heterocycles. The first-order chi connectivity index (χ1) is 33.4. The molecule has 0 spiro atoms. The summed E-state index contributed by atoms with van der Waals surface area (Å²) in [5, 5.41) is 1.25. The molecule has 0 saturated heterocycles. The predicted molar refractivity (Wildman–Crippen MR) is 303 cm³/mol. The minimum atomic E-state index is -0.0464. The van der Waals surface area contributed by atoms with Gasteiger partial charge in [-0.15, -0.1) is 17.9 Å². The fourth-order valence-electron chi connectivity index (χ4n) is 9.41. The quantitative estimate of drug-likeness (QED) is 0.0527. The van der Waals surface area contributed by atoms with Gasteiger partial charge in [0.1, 0.15) is 5.82 Å². The second-order valence-electron chi connectivity index (χ2n) is 16.3. The molecular formula is C63H64N4S. The van der Waals surface area contributed by atoms with Crippen LogP contribution in [0.5, 0.6) is 0 Å². The number of thiophene rings is 1. The van der Waals surface area contributed by atoms with Gasteiger partial charge in [0.25, 0.3) is 0 Å². The van der Waals surface area contributed by atoms with Crippen LogP contribution in [0, 0.1) is 5.92 Å². The van der Waals surface area contributed by atoms with Crippen molar-refractivity contribution in [3.05, 3.63) is 227 Å². The van der Waals surface area contributed by atoms with Gasteiger partial charge < -0.3 is 4.57 Å². The zero-order valence-corrected chi connectivity index (χ0v) is 41.4.